The maximum Gasteiger partial charge on any atom is 0.417 e. The van der Waals surface area contributed by atoms with E-state index in [1.165, 1.54) is 18.2 Å². The third-order valence-corrected chi connectivity index (χ3v) is 3.74. The first-order chi connectivity index (χ1) is 9.71. The van der Waals surface area contributed by atoms with Crippen LogP contribution in [-0.4, -0.2) is 9.97 Å². The molecule has 0 saturated heterocycles. The smallest absolute Gasteiger partial charge is 0.383 e. The van der Waals surface area contributed by atoms with Crippen molar-refractivity contribution in [2.45, 2.75) is 25.9 Å². The van der Waals surface area contributed by atoms with Crippen molar-refractivity contribution in [3.05, 3.63) is 40.0 Å². The molecule has 0 atom stereocenters. The molecule has 0 saturated carbocycles. The first kappa shape index (κ1) is 15.8. The van der Waals surface area contributed by atoms with E-state index in [-0.39, 0.29) is 23.1 Å². The van der Waals surface area contributed by atoms with E-state index in [9.17, 15) is 13.2 Å². The fourth-order valence-electron chi connectivity index (χ4n) is 1.91. The van der Waals surface area contributed by atoms with Gasteiger partial charge < -0.3 is 5.73 Å². The highest BCUT2D eigenvalue weighted by Crippen LogP contribution is 2.37. The molecule has 0 unspecified atom stereocenters. The van der Waals surface area contributed by atoms with Crippen molar-refractivity contribution >= 4 is 21.7 Å². The second-order valence-electron chi connectivity index (χ2n) is 4.83. The van der Waals surface area contributed by atoms with Gasteiger partial charge in [-0.3, -0.25) is 0 Å². The molecule has 7 heteroatoms. The molecule has 2 rings (SSSR count). The second-order valence-corrected chi connectivity index (χ2v) is 5.62. The number of alkyl halides is 3. The summed E-state index contributed by atoms with van der Waals surface area (Å²) in [6.45, 7) is 3.76. The molecule has 3 nitrogen and oxygen atoms in total. The molecule has 0 radical (unpaired) electrons. The van der Waals surface area contributed by atoms with Crippen molar-refractivity contribution in [3.8, 4) is 11.4 Å². The number of hydrogen-bond donors (Lipinski definition) is 1. The Morgan fingerprint density at radius 1 is 1.14 bits per heavy atom. The molecular formula is C14H13BrF3N3. The number of aromatic nitrogens is 2. The van der Waals surface area contributed by atoms with Gasteiger partial charge in [-0.15, -0.1) is 0 Å². The topological polar surface area (TPSA) is 51.8 Å². The van der Waals surface area contributed by atoms with Gasteiger partial charge in [-0.25, -0.2) is 9.97 Å². The summed E-state index contributed by atoms with van der Waals surface area (Å²) in [6, 6.07) is 5.20. The van der Waals surface area contributed by atoms with Gasteiger partial charge in [0.1, 0.15) is 5.82 Å². The first-order valence-corrected chi connectivity index (χ1v) is 7.00. The van der Waals surface area contributed by atoms with E-state index < -0.39 is 11.7 Å². The van der Waals surface area contributed by atoms with Crippen LogP contribution in [0.2, 0.25) is 0 Å². The lowest BCUT2D eigenvalue weighted by Crippen LogP contribution is -2.10. The van der Waals surface area contributed by atoms with Crippen LogP contribution in [0, 0.1) is 0 Å². The number of rotatable bonds is 2. The molecule has 0 fully saturated rings. The Labute approximate surface area is 128 Å². The van der Waals surface area contributed by atoms with Gasteiger partial charge in [0.15, 0.2) is 5.82 Å². The van der Waals surface area contributed by atoms with E-state index >= 15 is 0 Å². The maximum atomic E-state index is 13.1. The molecule has 1 aromatic carbocycles. The van der Waals surface area contributed by atoms with Crippen LogP contribution in [0.3, 0.4) is 0 Å². The van der Waals surface area contributed by atoms with Gasteiger partial charge in [0.25, 0.3) is 0 Å². The minimum Gasteiger partial charge on any atom is -0.383 e. The molecule has 112 valence electrons. The maximum absolute atomic E-state index is 13.1. The SMILES string of the molecule is CC(C)c1nc(-c2ccccc2C(F)(F)F)nc(N)c1Br. The lowest BCUT2D eigenvalue weighted by Gasteiger charge is -2.15. The van der Waals surface area contributed by atoms with Crippen molar-refractivity contribution in [1.29, 1.82) is 0 Å². The van der Waals surface area contributed by atoms with Crippen molar-refractivity contribution < 1.29 is 13.2 Å². The lowest BCUT2D eigenvalue weighted by molar-refractivity contribution is -0.137. The standard InChI is InChI=1S/C14H13BrF3N3/c1-7(2)11-10(15)12(19)21-13(20-11)8-5-3-4-6-9(8)14(16,17)18/h3-7H,1-2H3,(H2,19,20,21). The fourth-order valence-corrected chi connectivity index (χ4v) is 2.55. The molecule has 1 aromatic heterocycles. The van der Waals surface area contributed by atoms with Gasteiger partial charge in [-0.2, -0.15) is 13.2 Å². The monoisotopic (exact) mass is 359 g/mol. The number of benzene rings is 1. The van der Waals surface area contributed by atoms with Gasteiger partial charge in [-0.1, -0.05) is 32.0 Å². The zero-order valence-electron chi connectivity index (χ0n) is 11.4. The minimum atomic E-state index is -4.47. The number of nitrogens with two attached hydrogens (primary N) is 1. The van der Waals surface area contributed by atoms with E-state index in [0.717, 1.165) is 6.07 Å². The van der Waals surface area contributed by atoms with E-state index in [2.05, 4.69) is 25.9 Å². The quantitative estimate of drug-likeness (QED) is 0.850. The molecule has 0 bridgehead atoms. The third kappa shape index (κ3) is 3.18. The zero-order valence-corrected chi connectivity index (χ0v) is 13.0. The van der Waals surface area contributed by atoms with Crippen molar-refractivity contribution in [2.24, 2.45) is 0 Å². The van der Waals surface area contributed by atoms with Gasteiger partial charge >= 0.3 is 6.18 Å². The zero-order chi connectivity index (χ0) is 15.8. The molecule has 2 aromatic rings. The van der Waals surface area contributed by atoms with E-state index in [1.54, 1.807) is 0 Å². The molecule has 0 aliphatic carbocycles. The molecule has 2 N–H and O–H groups in total. The summed E-state index contributed by atoms with van der Waals surface area (Å²) in [5.41, 5.74) is 5.50. The Morgan fingerprint density at radius 2 is 1.76 bits per heavy atom. The average Bonchev–Trinajstić information content (AvgIpc) is 2.40. The second kappa shape index (κ2) is 5.63. The van der Waals surface area contributed by atoms with Crippen LogP contribution in [-0.2, 0) is 6.18 Å². The number of nitrogens with zero attached hydrogens (tertiary/aromatic N) is 2. The molecule has 0 spiro atoms. The first-order valence-electron chi connectivity index (χ1n) is 6.21. The van der Waals surface area contributed by atoms with E-state index in [4.69, 9.17) is 5.73 Å². The normalized spacial score (nSPS) is 12.0. The molecular weight excluding hydrogens is 347 g/mol. The van der Waals surface area contributed by atoms with E-state index in [1.807, 2.05) is 13.8 Å². The van der Waals surface area contributed by atoms with Crippen LogP contribution in [0.15, 0.2) is 28.7 Å². The number of nitrogen functional groups attached to an aromatic ring is 1. The highest BCUT2D eigenvalue weighted by Gasteiger charge is 2.34. The fraction of sp³-hybridized carbons (Fsp3) is 0.286. The Kier molecular flexibility index (Phi) is 4.22. The van der Waals surface area contributed by atoms with Crippen LogP contribution in [0.1, 0.15) is 31.0 Å². The number of hydrogen-bond acceptors (Lipinski definition) is 3. The molecule has 1 heterocycles. The summed E-state index contributed by atoms with van der Waals surface area (Å²) < 4.78 is 39.7. The number of anilines is 1. The van der Waals surface area contributed by atoms with Crippen LogP contribution < -0.4 is 5.73 Å². The molecule has 0 aliphatic rings. The Balaban J connectivity index is 2.69. The number of halogens is 4. The van der Waals surface area contributed by atoms with Crippen LogP contribution in [0.25, 0.3) is 11.4 Å². The minimum absolute atomic E-state index is 0.00136. The Morgan fingerprint density at radius 3 is 2.33 bits per heavy atom. The van der Waals surface area contributed by atoms with Crippen molar-refractivity contribution in [2.75, 3.05) is 5.73 Å². The predicted octanol–water partition coefficient (Wildman–Crippen LogP) is 4.63. The highest BCUT2D eigenvalue weighted by molar-refractivity contribution is 9.10. The summed E-state index contributed by atoms with van der Waals surface area (Å²) >= 11 is 3.27. The predicted molar refractivity (Wildman–Crippen MR) is 78.7 cm³/mol. The average molecular weight is 360 g/mol. The molecule has 21 heavy (non-hydrogen) atoms. The molecule has 0 amide bonds. The van der Waals surface area contributed by atoms with Gasteiger partial charge in [-0.05, 0) is 27.9 Å². The van der Waals surface area contributed by atoms with Crippen LogP contribution >= 0.6 is 15.9 Å². The molecule has 0 aliphatic heterocycles. The van der Waals surface area contributed by atoms with Gasteiger partial charge in [0.2, 0.25) is 0 Å². The van der Waals surface area contributed by atoms with Gasteiger partial charge in [0, 0.05) is 5.56 Å². The largest absolute Gasteiger partial charge is 0.417 e. The highest BCUT2D eigenvalue weighted by atomic mass is 79.9. The van der Waals surface area contributed by atoms with Crippen molar-refractivity contribution in [3.63, 3.8) is 0 Å². The summed E-state index contributed by atoms with van der Waals surface area (Å²) in [6.07, 6.45) is -4.47. The Bertz CT molecular complexity index is 669. The summed E-state index contributed by atoms with van der Waals surface area (Å²) in [5.74, 6) is 0.106. The van der Waals surface area contributed by atoms with Gasteiger partial charge in [0.05, 0.1) is 15.7 Å². The Hall–Kier alpha value is -1.63. The third-order valence-electron chi connectivity index (χ3n) is 2.92. The van der Waals surface area contributed by atoms with Crippen LogP contribution in [0.5, 0.6) is 0 Å². The summed E-state index contributed by atoms with van der Waals surface area (Å²) in [7, 11) is 0. The van der Waals surface area contributed by atoms with Crippen molar-refractivity contribution in [1.82, 2.24) is 9.97 Å². The lowest BCUT2D eigenvalue weighted by atomic mass is 10.1. The van der Waals surface area contributed by atoms with E-state index in [0.29, 0.717) is 10.2 Å². The summed E-state index contributed by atoms with van der Waals surface area (Å²) in [5, 5.41) is 0. The summed E-state index contributed by atoms with van der Waals surface area (Å²) in [4.78, 5) is 8.22. The van der Waals surface area contributed by atoms with Crippen LogP contribution in [0.4, 0.5) is 19.0 Å².